The maximum absolute atomic E-state index is 13.5. The summed E-state index contributed by atoms with van der Waals surface area (Å²) in [5, 5.41) is 25.2. The van der Waals surface area contributed by atoms with Gasteiger partial charge in [0, 0.05) is 29.5 Å². The van der Waals surface area contributed by atoms with Crippen LogP contribution in [0.3, 0.4) is 0 Å². The summed E-state index contributed by atoms with van der Waals surface area (Å²) < 4.78 is 28.4. The first-order chi connectivity index (χ1) is 16.5. The summed E-state index contributed by atoms with van der Waals surface area (Å²) in [6.45, 7) is 2.26. The van der Waals surface area contributed by atoms with Crippen LogP contribution in [0.1, 0.15) is 65.6 Å². The lowest BCUT2D eigenvalue weighted by Crippen LogP contribution is -2.53. The van der Waals surface area contributed by atoms with Crippen molar-refractivity contribution in [3.8, 4) is 0 Å². The summed E-state index contributed by atoms with van der Waals surface area (Å²) >= 11 is 6.49. The van der Waals surface area contributed by atoms with Crippen molar-refractivity contribution in [3.05, 3.63) is 51.8 Å². The third-order valence-electron chi connectivity index (χ3n) is 6.92. The van der Waals surface area contributed by atoms with Gasteiger partial charge in [-0.25, -0.2) is 8.78 Å². The van der Waals surface area contributed by atoms with Crippen molar-refractivity contribution in [2.24, 2.45) is 5.92 Å². The van der Waals surface area contributed by atoms with Crippen molar-refractivity contribution in [2.45, 2.75) is 63.8 Å². The van der Waals surface area contributed by atoms with Crippen molar-refractivity contribution in [1.29, 1.82) is 0 Å². The molecule has 1 atom stereocenters. The van der Waals surface area contributed by atoms with Crippen molar-refractivity contribution < 1.29 is 33.4 Å². The molecule has 1 aromatic carbocycles. The Morgan fingerprint density at radius 3 is 2.51 bits per heavy atom. The molecule has 2 heterocycles. The molecule has 0 spiro atoms. The number of halogens is 3. The molecule has 1 aliphatic heterocycles. The topological polar surface area (TPSA) is 121 Å². The molecular weight excluding hydrogens is 484 g/mol. The van der Waals surface area contributed by atoms with E-state index in [2.05, 4.69) is 10.6 Å². The van der Waals surface area contributed by atoms with Crippen LogP contribution in [0.2, 0.25) is 5.02 Å². The van der Waals surface area contributed by atoms with Crippen LogP contribution >= 0.6 is 11.6 Å². The maximum Gasteiger partial charge on any atom is 0.306 e. The largest absolute Gasteiger partial charge is 0.481 e. The number of aliphatic hydroxyl groups excluding tert-OH is 1. The molecule has 1 aromatic heterocycles. The van der Waals surface area contributed by atoms with E-state index < -0.39 is 47.0 Å². The normalized spacial score (nSPS) is 22.5. The van der Waals surface area contributed by atoms with E-state index in [1.807, 2.05) is 6.92 Å². The number of aliphatic carboxylic acids is 1. The smallest absolute Gasteiger partial charge is 0.306 e. The van der Waals surface area contributed by atoms with E-state index in [1.54, 1.807) is 4.57 Å². The van der Waals surface area contributed by atoms with E-state index in [0.717, 1.165) is 12.1 Å². The highest BCUT2D eigenvalue weighted by Crippen LogP contribution is 2.36. The molecule has 8 nitrogen and oxygen atoms in total. The third-order valence-corrected chi connectivity index (χ3v) is 7.28. The number of carboxylic acid groups (broad SMARTS) is 1. The number of carbonyl (C=O) groups excluding carboxylic acids is 2. The zero-order valence-corrected chi connectivity index (χ0v) is 19.8. The van der Waals surface area contributed by atoms with E-state index >= 15 is 0 Å². The maximum atomic E-state index is 13.5. The summed E-state index contributed by atoms with van der Waals surface area (Å²) in [5.74, 6) is -4.85. The SMILES string of the molecule is CC1(NC(O)C(=O)c2c(Cl)c(C(=O)Nc3ccc(F)c(F)c3)c3n2CCC3)CCC(C(=O)O)CC1. The van der Waals surface area contributed by atoms with Gasteiger partial charge in [0.1, 0.15) is 5.69 Å². The van der Waals surface area contributed by atoms with E-state index in [4.69, 9.17) is 11.6 Å². The lowest BCUT2D eigenvalue weighted by Gasteiger charge is -2.38. The average Bonchev–Trinajstić information content (AvgIpc) is 3.35. The van der Waals surface area contributed by atoms with Gasteiger partial charge in [-0.2, -0.15) is 0 Å². The van der Waals surface area contributed by atoms with Crippen LogP contribution in [-0.2, 0) is 17.8 Å². The fourth-order valence-corrected chi connectivity index (χ4v) is 5.35. The summed E-state index contributed by atoms with van der Waals surface area (Å²) in [4.78, 5) is 37.5. The minimum atomic E-state index is -1.61. The molecule has 1 saturated carbocycles. The summed E-state index contributed by atoms with van der Waals surface area (Å²) in [7, 11) is 0. The predicted octanol–water partition coefficient (Wildman–Crippen LogP) is 3.74. The molecular formula is C24H26ClF2N3O5. The van der Waals surface area contributed by atoms with Crippen LogP contribution in [0.15, 0.2) is 18.2 Å². The zero-order valence-electron chi connectivity index (χ0n) is 19.0. The Hall–Kier alpha value is -2.82. The quantitative estimate of drug-likeness (QED) is 0.333. The van der Waals surface area contributed by atoms with Gasteiger partial charge < -0.3 is 20.1 Å². The summed E-state index contributed by atoms with van der Waals surface area (Å²) in [5.41, 5.74) is -0.0305. The highest BCUT2D eigenvalue weighted by Gasteiger charge is 2.39. The fraction of sp³-hybridized carbons (Fsp3) is 0.458. The van der Waals surface area contributed by atoms with Gasteiger partial charge in [-0.15, -0.1) is 0 Å². The Kier molecular flexibility index (Phi) is 6.99. The van der Waals surface area contributed by atoms with E-state index in [0.29, 0.717) is 50.8 Å². The Bertz CT molecular complexity index is 1190. The molecule has 35 heavy (non-hydrogen) atoms. The number of benzene rings is 1. The predicted molar refractivity (Wildman–Crippen MR) is 124 cm³/mol. The van der Waals surface area contributed by atoms with Crippen LogP contribution in [-0.4, -0.2) is 44.2 Å². The van der Waals surface area contributed by atoms with Gasteiger partial charge in [-0.05, 0) is 57.6 Å². The average molecular weight is 510 g/mol. The number of hydrogen-bond donors (Lipinski definition) is 4. The highest BCUT2D eigenvalue weighted by atomic mass is 35.5. The van der Waals surface area contributed by atoms with Gasteiger partial charge in [-0.3, -0.25) is 19.7 Å². The lowest BCUT2D eigenvalue weighted by atomic mass is 9.77. The number of carbonyl (C=O) groups is 3. The van der Waals surface area contributed by atoms with Gasteiger partial charge in [-0.1, -0.05) is 11.6 Å². The molecule has 1 aliphatic carbocycles. The van der Waals surface area contributed by atoms with Gasteiger partial charge in [0.15, 0.2) is 17.9 Å². The van der Waals surface area contributed by atoms with Crippen LogP contribution in [0.4, 0.5) is 14.5 Å². The van der Waals surface area contributed by atoms with Crippen LogP contribution in [0.25, 0.3) is 0 Å². The summed E-state index contributed by atoms with van der Waals surface area (Å²) in [6.07, 6.45) is 1.32. The number of anilines is 1. The van der Waals surface area contributed by atoms with E-state index in [1.165, 1.54) is 6.07 Å². The number of aliphatic hydroxyl groups is 1. The number of hydrogen-bond acceptors (Lipinski definition) is 5. The molecule has 4 N–H and O–H groups in total. The molecule has 0 bridgehead atoms. The van der Waals surface area contributed by atoms with E-state index in [9.17, 15) is 33.4 Å². The minimum Gasteiger partial charge on any atom is -0.481 e. The first-order valence-corrected chi connectivity index (χ1v) is 11.8. The molecule has 4 rings (SSSR count). The number of fused-ring (bicyclic) bond motifs is 1. The second-order valence-corrected chi connectivity index (χ2v) is 9.78. The van der Waals surface area contributed by atoms with Crippen LogP contribution in [0.5, 0.6) is 0 Å². The Morgan fingerprint density at radius 1 is 1.20 bits per heavy atom. The van der Waals surface area contributed by atoms with Crippen molar-refractivity contribution in [3.63, 3.8) is 0 Å². The number of nitrogens with zero attached hydrogens (tertiary/aromatic N) is 1. The Labute approximate surface area is 205 Å². The molecule has 188 valence electrons. The van der Waals surface area contributed by atoms with Crippen molar-refractivity contribution in [2.75, 3.05) is 5.32 Å². The zero-order chi connectivity index (χ0) is 25.5. The second kappa shape index (κ2) is 9.67. The molecule has 2 aromatic rings. The minimum absolute atomic E-state index is 0.00238. The van der Waals surface area contributed by atoms with E-state index in [-0.39, 0.29) is 22.0 Å². The molecule has 0 saturated heterocycles. The number of rotatable bonds is 7. The number of Topliss-reactive ketones (excluding diaryl/α,β-unsaturated/α-hetero) is 1. The molecule has 1 unspecified atom stereocenters. The Morgan fingerprint density at radius 2 is 1.89 bits per heavy atom. The molecule has 1 amide bonds. The standard InChI is InChI=1S/C24H26ClF2N3O5/c1-24(8-6-12(7-9-24)23(34)35)29-22(33)20(31)19-18(25)17(16-3-2-10-30(16)19)21(32)28-13-4-5-14(26)15(27)11-13/h4-5,11-12,22,29,33H,2-3,6-10H2,1H3,(H,28,32)(H,34,35). The Balaban J connectivity index is 1.55. The van der Waals surface area contributed by atoms with Crippen molar-refractivity contribution >= 4 is 34.9 Å². The lowest BCUT2D eigenvalue weighted by molar-refractivity contribution is -0.143. The number of ketones is 1. The van der Waals surface area contributed by atoms with Crippen LogP contribution in [0, 0.1) is 17.6 Å². The molecule has 11 heteroatoms. The number of aromatic nitrogens is 1. The number of carboxylic acids is 1. The second-order valence-electron chi connectivity index (χ2n) is 9.41. The van der Waals surface area contributed by atoms with Crippen LogP contribution < -0.4 is 10.6 Å². The van der Waals surface area contributed by atoms with Gasteiger partial charge >= 0.3 is 5.97 Å². The summed E-state index contributed by atoms with van der Waals surface area (Å²) in [6, 6.07) is 2.94. The monoisotopic (exact) mass is 509 g/mol. The molecule has 2 aliphatic rings. The van der Waals surface area contributed by atoms with Crippen molar-refractivity contribution in [1.82, 2.24) is 9.88 Å². The molecule has 0 radical (unpaired) electrons. The third kappa shape index (κ3) is 4.96. The first-order valence-electron chi connectivity index (χ1n) is 11.4. The van der Waals surface area contributed by atoms with Gasteiger partial charge in [0.05, 0.1) is 16.5 Å². The number of amides is 1. The highest BCUT2D eigenvalue weighted by molar-refractivity contribution is 6.38. The van der Waals surface area contributed by atoms with Gasteiger partial charge in [0.2, 0.25) is 5.78 Å². The first kappa shape index (κ1) is 25.3. The van der Waals surface area contributed by atoms with Gasteiger partial charge in [0.25, 0.3) is 5.91 Å². The molecule has 1 fully saturated rings. The number of nitrogens with one attached hydrogen (secondary N) is 2. The fourth-order valence-electron chi connectivity index (χ4n) is 4.96.